The summed E-state index contributed by atoms with van der Waals surface area (Å²) < 4.78 is 51.9. The Hall–Kier alpha value is -2.90. The second-order valence-corrected chi connectivity index (χ2v) is 4.92. The Morgan fingerprint density at radius 1 is 1.00 bits per heavy atom. The molecule has 1 amide bonds. The summed E-state index contributed by atoms with van der Waals surface area (Å²) in [5.41, 5.74) is 0.384. The average molecular weight is 355 g/mol. The minimum absolute atomic E-state index is 0.0753. The summed E-state index contributed by atoms with van der Waals surface area (Å²) in [5.74, 6) is 0.211. The summed E-state index contributed by atoms with van der Waals surface area (Å²) in [5, 5.41) is 2.52. The second kappa shape index (κ2) is 7.78. The number of amides is 1. The molecule has 0 unspecified atom stereocenters. The van der Waals surface area contributed by atoms with Crippen LogP contribution in [0, 0.1) is 0 Å². The zero-order valence-corrected chi connectivity index (χ0v) is 13.5. The molecule has 8 heteroatoms. The molecule has 0 fully saturated rings. The molecule has 0 radical (unpaired) electrons. The highest BCUT2D eigenvalue weighted by Gasteiger charge is 2.29. The number of carbonyl (C=O) groups excluding carboxylic acids is 1. The van der Waals surface area contributed by atoms with Gasteiger partial charge in [0.2, 0.25) is 0 Å². The van der Waals surface area contributed by atoms with E-state index in [1.807, 2.05) is 0 Å². The van der Waals surface area contributed by atoms with Gasteiger partial charge >= 0.3 is 6.18 Å². The molecule has 0 saturated carbocycles. The SMILES string of the molecule is COc1ccc(C(=O)Nc2ccccc2OCC(F)(F)F)cc1OC. The van der Waals surface area contributed by atoms with Crippen molar-refractivity contribution in [3.8, 4) is 17.2 Å². The fraction of sp³-hybridized carbons (Fsp3) is 0.235. The lowest BCUT2D eigenvalue weighted by Gasteiger charge is -2.14. The monoisotopic (exact) mass is 355 g/mol. The third-order valence-electron chi connectivity index (χ3n) is 3.17. The maximum absolute atomic E-state index is 12.3. The van der Waals surface area contributed by atoms with Crippen molar-refractivity contribution in [3.63, 3.8) is 0 Å². The van der Waals surface area contributed by atoms with Crippen LogP contribution in [0.3, 0.4) is 0 Å². The van der Waals surface area contributed by atoms with E-state index in [0.717, 1.165) is 0 Å². The number of nitrogens with one attached hydrogen (secondary N) is 1. The third kappa shape index (κ3) is 5.03. The van der Waals surface area contributed by atoms with Gasteiger partial charge in [-0.05, 0) is 30.3 Å². The second-order valence-electron chi connectivity index (χ2n) is 4.92. The molecular weight excluding hydrogens is 339 g/mol. The van der Waals surface area contributed by atoms with E-state index in [4.69, 9.17) is 14.2 Å². The Morgan fingerprint density at radius 2 is 1.68 bits per heavy atom. The van der Waals surface area contributed by atoms with Crippen LogP contribution in [0.5, 0.6) is 17.2 Å². The molecule has 5 nitrogen and oxygen atoms in total. The predicted octanol–water partition coefficient (Wildman–Crippen LogP) is 3.90. The summed E-state index contributed by atoms with van der Waals surface area (Å²) in [6.45, 7) is -1.45. The first-order valence-corrected chi connectivity index (χ1v) is 7.16. The molecular formula is C17H16F3NO4. The van der Waals surface area contributed by atoms with Gasteiger partial charge in [-0.3, -0.25) is 4.79 Å². The zero-order valence-electron chi connectivity index (χ0n) is 13.5. The predicted molar refractivity (Wildman–Crippen MR) is 85.5 cm³/mol. The van der Waals surface area contributed by atoms with Gasteiger partial charge in [0, 0.05) is 5.56 Å². The van der Waals surface area contributed by atoms with Crippen molar-refractivity contribution in [2.24, 2.45) is 0 Å². The first-order chi connectivity index (χ1) is 11.8. The fourth-order valence-corrected chi connectivity index (χ4v) is 2.03. The molecule has 2 rings (SSSR count). The number of anilines is 1. The lowest BCUT2D eigenvalue weighted by Crippen LogP contribution is -2.20. The van der Waals surface area contributed by atoms with Gasteiger partial charge in [-0.15, -0.1) is 0 Å². The molecule has 2 aromatic carbocycles. The smallest absolute Gasteiger partial charge is 0.422 e. The molecule has 0 aliphatic carbocycles. The lowest BCUT2D eigenvalue weighted by molar-refractivity contribution is -0.153. The summed E-state index contributed by atoms with van der Waals surface area (Å²) in [7, 11) is 2.89. The number of halogens is 3. The van der Waals surface area contributed by atoms with E-state index >= 15 is 0 Å². The Labute approximate surface area is 142 Å². The number of hydrogen-bond donors (Lipinski definition) is 1. The Balaban J connectivity index is 2.18. The first-order valence-electron chi connectivity index (χ1n) is 7.16. The van der Waals surface area contributed by atoms with E-state index in [-0.39, 0.29) is 17.0 Å². The van der Waals surface area contributed by atoms with Crippen molar-refractivity contribution in [3.05, 3.63) is 48.0 Å². The number of hydrogen-bond acceptors (Lipinski definition) is 4. The van der Waals surface area contributed by atoms with Gasteiger partial charge in [0.25, 0.3) is 5.91 Å². The molecule has 0 heterocycles. The summed E-state index contributed by atoms with van der Waals surface area (Å²) >= 11 is 0. The van der Waals surface area contributed by atoms with Crippen LogP contribution >= 0.6 is 0 Å². The molecule has 0 aliphatic rings. The van der Waals surface area contributed by atoms with Crippen molar-refractivity contribution >= 4 is 11.6 Å². The van der Waals surface area contributed by atoms with E-state index in [2.05, 4.69) is 5.32 Å². The molecule has 0 spiro atoms. The summed E-state index contributed by atoms with van der Waals surface area (Å²) in [4.78, 5) is 12.3. The van der Waals surface area contributed by atoms with E-state index in [1.54, 1.807) is 12.1 Å². The highest BCUT2D eigenvalue weighted by molar-refractivity contribution is 6.05. The molecule has 0 saturated heterocycles. The van der Waals surface area contributed by atoms with Crippen LogP contribution in [0.4, 0.5) is 18.9 Å². The maximum atomic E-state index is 12.3. The number of alkyl halides is 3. The highest BCUT2D eigenvalue weighted by atomic mass is 19.4. The van der Waals surface area contributed by atoms with Crippen LogP contribution in [0.15, 0.2) is 42.5 Å². The van der Waals surface area contributed by atoms with Gasteiger partial charge in [0.05, 0.1) is 19.9 Å². The minimum Gasteiger partial charge on any atom is -0.493 e. The van der Waals surface area contributed by atoms with Crippen LogP contribution in [0.25, 0.3) is 0 Å². The highest BCUT2D eigenvalue weighted by Crippen LogP contribution is 2.29. The fourth-order valence-electron chi connectivity index (χ4n) is 2.03. The van der Waals surface area contributed by atoms with E-state index in [1.165, 1.54) is 44.6 Å². The zero-order chi connectivity index (χ0) is 18.4. The Bertz CT molecular complexity index is 747. The van der Waals surface area contributed by atoms with E-state index in [0.29, 0.717) is 11.5 Å². The number of methoxy groups -OCH3 is 2. The molecule has 0 aliphatic heterocycles. The number of benzene rings is 2. The van der Waals surface area contributed by atoms with Crippen LogP contribution in [0.1, 0.15) is 10.4 Å². The van der Waals surface area contributed by atoms with Crippen molar-refractivity contribution in [1.29, 1.82) is 0 Å². The summed E-state index contributed by atoms with van der Waals surface area (Å²) in [6.07, 6.45) is -4.47. The van der Waals surface area contributed by atoms with Crippen molar-refractivity contribution in [1.82, 2.24) is 0 Å². The molecule has 1 N–H and O–H groups in total. The largest absolute Gasteiger partial charge is 0.493 e. The first kappa shape index (κ1) is 18.4. The number of carbonyl (C=O) groups is 1. The van der Waals surface area contributed by atoms with E-state index < -0.39 is 18.7 Å². The molecule has 2 aromatic rings. The quantitative estimate of drug-likeness (QED) is 0.854. The van der Waals surface area contributed by atoms with Crippen LogP contribution < -0.4 is 19.5 Å². The molecule has 0 aromatic heterocycles. The number of ether oxygens (including phenoxy) is 3. The van der Waals surface area contributed by atoms with Gasteiger partial charge < -0.3 is 19.5 Å². The number of para-hydroxylation sites is 2. The van der Waals surface area contributed by atoms with Crippen molar-refractivity contribution < 1.29 is 32.2 Å². The van der Waals surface area contributed by atoms with Crippen molar-refractivity contribution in [2.45, 2.75) is 6.18 Å². The molecule has 0 bridgehead atoms. The average Bonchev–Trinajstić information content (AvgIpc) is 2.59. The van der Waals surface area contributed by atoms with Gasteiger partial charge in [-0.2, -0.15) is 13.2 Å². The van der Waals surface area contributed by atoms with Gasteiger partial charge in [0.1, 0.15) is 5.75 Å². The molecule has 25 heavy (non-hydrogen) atoms. The molecule has 0 atom stereocenters. The Morgan fingerprint density at radius 3 is 2.32 bits per heavy atom. The standard InChI is InChI=1S/C17H16F3NO4/c1-23-14-8-7-11(9-15(14)24-2)16(22)21-12-5-3-4-6-13(12)25-10-17(18,19)20/h3-9H,10H2,1-2H3,(H,21,22). The topological polar surface area (TPSA) is 56.8 Å². The molecule has 134 valence electrons. The van der Waals surface area contributed by atoms with Gasteiger partial charge in [-0.25, -0.2) is 0 Å². The maximum Gasteiger partial charge on any atom is 0.422 e. The van der Waals surface area contributed by atoms with Gasteiger partial charge in [0.15, 0.2) is 18.1 Å². The van der Waals surface area contributed by atoms with Crippen molar-refractivity contribution in [2.75, 3.05) is 26.1 Å². The lowest BCUT2D eigenvalue weighted by atomic mass is 10.1. The minimum atomic E-state index is -4.47. The van der Waals surface area contributed by atoms with E-state index in [9.17, 15) is 18.0 Å². The normalized spacial score (nSPS) is 10.9. The van der Waals surface area contributed by atoms with Crippen LogP contribution in [-0.4, -0.2) is 32.9 Å². The van der Waals surface area contributed by atoms with Crippen LogP contribution in [0.2, 0.25) is 0 Å². The number of rotatable bonds is 6. The van der Waals surface area contributed by atoms with Crippen LogP contribution in [-0.2, 0) is 0 Å². The third-order valence-corrected chi connectivity index (χ3v) is 3.17. The summed E-state index contributed by atoms with van der Waals surface area (Å²) in [6, 6.07) is 10.4. The Kier molecular flexibility index (Phi) is 5.74. The van der Waals surface area contributed by atoms with Gasteiger partial charge in [-0.1, -0.05) is 12.1 Å².